The van der Waals surface area contributed by atoms with Crippen LogP contribution >= 0.6 is 27.5 Å². The second kappa shape index (κ2) is 8.50. The number of hydrogen-bond donors (Lipinski definition) is 1. The summed E-state index contributed by atoms with van der Waals surface area (Å²) >= 11 is 9.63. The summed E-state index contributed by atoms with van der Waals surface area (Å²) in [6.45, 7) is -0.1000. The maximum atomic E-state index is 11.9. The highest BCUT2D eigenvalue weighted by molar-refractivity contribution is 9.10. The first-order valence-corrected chi connectivity index (χ1v) is 9.32. The summed E-state index contributed by atoms with van der Waals surface area (Å²) in [5, 5.41) is 4.49. The third kappa shape index (κ3) is 4.61. The van der Waals surface area contributed by atoms with Crippen molar-refractivity contribution in [2.45, 2.75) is 25.7 Å². The molecule has 3 rings (SSSR count). The number of benzene rings is 2. The normalized spacial score (nSPS) is 13.5. The van der Waals surface area contributed by atoms with Crippen LogP contribution in [0.4, 0.5) is 0 Å². The number of hydrogen-bond acceptors (Lipinski definition) is 3. The SMILES string of the molecule is O=C(COc1ccc2c(c1Br)CCCC2)N/N=C\c1ccccc1Cl. The number of aryl methyl sites for hydroxylation is 1. The van der Waals surface area contributed by atoms with Crippen LogP contribution < -0.4 is 10.2 Å². The first kappa shape index (κ1) is 18.0. The summed E-state index contributed by atoms with van der Waals surface area (Å²) in [7, 11) is 0. The van der Waals surface area contributed by atoms with Gasteiger partial charge in [0.15, 0.2) is 6.61 Å². The number of carbonyl (C=O) groups excluding carboxylic acids is 1. The number of nitrogens with zero attached hydrogens (tertiary/aromatic N) is 1. The molecule has 0 aromatic heterocycles. The lowest BCUT2D eigenvalue weighted by Gasteiger charge is -2.19. The Morgan fingerprint density at radius 3 is 2.88 bits per heavy atom. The van der Waals surface area contributed by atoms with Crippen LogP contribution in [0.2, 0.25) is 5.02 Å². The van der Waals surface area contributed by atoms with E-state index in [1.807, 2.05) is 24.3 Å². The largest absolute Gasteiger partial charge is 0.483 e. The van der Waals surface area contributed by atoms with Gasteiger partial charge in [0, 0.05) is 10.6 Å². The Kier molecular flexibility index (Phi) is 6.10. The first-order chi connectivity index (χ1) is 12.1. The van der Waals surface area contributed by atoms with Crippen LogP contribution in [0.1, 0.15) is 29.5 Å². The van der Waals surface area contributed by atoms with E-state index in [1.165, 1.54) is 30.2 Å². The van der Waals surface area contributed by atoms with E-state index >= 15 is 0 Å². The van der Waals surface area contributed by atoms with Gasteiger partial charge in [-0.3, -0.25) is 4.79 Å². The molecule has 2 aromatic carbocycles. The summed E-state index contributed by atoms with van der Waals surface area (Å²) in [5.41, 5.74) is 5.83. The predicted molar refractivity (Wildman–Crippen MR) is 103 cm³/mol. The van der Waals surface area contributed by atoms with Gasteiger partial charge >= 0.3 is 0 Å². The van der Waals surface area contributed by atoms with Crippen LogP contribution in [0.5, 0.6) is 5.75 Å². The summed E-state index contributed by atoms with van der Waals surface area (Å²) in [6.07, 6.45) is 6.07. The second-order valence-corrected chi connectivity index (χ2v) is 7.03. The van der Waals surface area contributed by atoms with E-state index < -0.39 is 0 Å². The average molecular weight is 422 g/mol. The van der Waals surface area contributed by atoms with Crippen molar-refractivity contribution < 1.29 is 9.53 Å². The highest BCUT2D eigenvalue weighted by Gasteiger charge is 2.16. The number of halogens is 2. The minimum atomic E-state index is -0.326. The molecule has 1 aliphatic rings. The van der Waals surface area contributed by atoms with E-state index in [0.29, 0.717) is 10.8 Å². The molecule has 0 unspecified atom stereocenters. The highest BCUT2D eigenvalue weighted by Crippen LogP contribution is 2.35. The van der Waals surface area contributed by atoms with Gasteiger partial charge in [0.1, 0.15) is 5.75 Å². The molecule has 1 aliphatic carbocycles. The van der Waals surface area contributed by atoms with Crippen LogP contribution in [0.3, 0.4) is 0 Å². The van der Waals surface area contributed by atoms with Crippen LogP contribution in [-0.2, 0) is 17.6 Å². The van der Waals surface area contributed by atoms with Crippen molar-refractivity contribution in [1.29, 1.82) is 0 Å². The Bertz CT molecular complexity index is 808. The Balaban J connectivity index is 1.55. The lowest BCUT2D eigenvalue weighted by atomic mass is 9.92. The van der Waals surface area contributed by atoms with Gasteiger partial charge in [-0.1, -0.05) is 35.9 Å². The topological polar surface area (TPSA) is 50.7 Å². The summed E-state index contributed by atoms with van der Waals surface area (Å²) in [5.74, 6) is 0.360. The zero-order valence-corrected chi connectivity index (χ0v) is 15.9. The molecule has 2 aromatic rings. The Hall–Kier alpha value is -1.85. The number of hydrazone groups is 1. The van der Waals surface area contributed by atoms with E-state index in [0.717, 1.165) is 22.9 Å². The Morgan fingerprint density at radius 1 is 1.24 bits per heavy atom. The van der Waals surface area contributed by atoms with Crippen molar-refractivity contribution >= 4 is 39.7 Å². The molecule has 0 aliphatic heterocycles. The van der Waals surface area contributed by atoms with Gasteiger partial charge in [-0.25, -0.2) is 5.43 Å². The fraction of sp³-hybridized carbons (Fsp3) is 0.263. The van der Waals surface area contributed by atoms with Crippen molar-refractivity contribution in [2.75, 3.05) is 6.61 Å². The van der Waals surface area contributed by atoms with Gasteiger partial charge in [0.05, 0.1) is 10.7 Å². The van der Waals surface area contributed by atoms with Crippen molar-refractivity contribution in [3.8, 4) is 5.75 Å². The van der Waals surface area contributed by atoms with Gasteiger partial charge in [-0.15, -0.1) is 0 Å². The molecule has 0 atom stereocenters. The minimum absolute atomic E-state index is 0.1000. The summed E-state index contributed by atoms with van der Waals surface area (Å²) in [6, 6.07) is 11.3. The molecule has 25 heavy (non-hydrogen) atoms. The van der Waals surface area contributed by atoms with Crippen molar-refractivity contribution in [3.63, 3.8) is 0 Å². The zero-order valence-electron chi connectivity index (χ0n) is 13.6. The van der Waals surface area contributed by atoms with E-state index in [-0.39, 0.29) is 12.5 Å². The van der Waals surface area contributed by atoms with Gasteiger partial charge in [-0.2, -0.15) is 5.10 Å². The average Bonchev–Trinajstić information content (AvgIpc) is 2.63. The van der Waals surface area contributed by atoms with E-state index in [4.69, 9.17) is 16.3 Å². The quantitative estimate of drug-likeness (QED) is 0.570. The fourth-order valence-electron chi connectivity index (χ4n) is 2.80. The van der Waals surface area contributed by atoms with E-state index in [2.05, 4.69) is 32.5 Å². The Morgan fingerprint density at radius 2 is 2.04 bits per heavy atom. The molecule has 130 valence electrons. The monoisotopic (exact) mass is 420 g/mol. The lowest BCUT2D eigenvalue weighted by molar-refractivity contribution is -0.123. The molecule has 1 N–H and O–H groups in total. The predicted octanol–water partition coefficient (Wildman–Crippen LogP) is 4.51. The Labute approximate surface area is 160 Å². The van der Waals surface area contributed by atoms with Crippen LogP contribution in [0.25, 0.3) is 0 Å². The van der Waals surface area contributed by atoms with Crippen molar-refractivity contribution in [1.82, 2.24) is 5.43 Å². The van der Waals surface area contributed by atoms with Gasteiger partial charge in [0.25, 0.3) is 5.91 Å². The van der Waals surface area contributed by atoms with Crippen molar-refractivity contribution in [2.24, 2.45) is 5.10 Å². The maximum absolute atomic E-state index is 11.9. The molecule has 0 saturated heterocycles. The maximum Gasteiger partial charge on any atom is 0.277 e. The third-order valence-corrected chi connectivity index (χ3v) is 5.30. The van der Waals surface area contributed by atoms with Gasteiger partial charge in [-0.05, 0) is 64.9 Å². The molecule has 0 heterocycles. The van der Waals surface area contributed by atoms with E-state index in [1.54, 1.807) is 6.07 Å². The van der Waals surface area contributed by atoms with Crippen LogP contribution in [-0.4, -0.2) is 18.7 Å². The molecule has 0 radical (unpaired) electrons. The molecule has 0 bridgehead atoms. The van der Waals surface area contributed by atoms with Gasteiger partial charge < -0.3 is 4.74 Å². The number of fused-ring (bicyclic) bond motifs is 1. The number of rotatable bonds is 5. The van der Waals surface area contributed by atoms with Crippen LogP contribution in [0.15, 0.2) is 46.0 Å². The molecule has 0 fully saturated rings. The molecule has 0 saturated carbocycles. The molecule has 4 nitrogen and oxygen atoms in total. The number of ether oxygens (including phenoxy) is 1. The highest BCUT2D eigenvalue weighted by atomic mass is 79.9. The van der Waals surface area contributed by atoms with Crippen LogP contribution in [0, 0.1) is 0 Å². The molecule has 1 amide bonds. The minimum Gasteiger partial charge on any atom is -0.483 e. The third-order valence-electron chi connectivity index (χ3n) is 4.08. The summed E-state index contributed by atoms with van der Waals surface area (Å²) in [4.78, 5) is 11.9. The summed E-state index contributed by atoms with van der Waals surface area (Å²) < 4.78 is 6.59. The first-order valence-electron chi connectivity index (χ1n) is 8.14. The van der Waals surface area contributed by atoms with Crippen molar-refractivity contribution in [3.05, 3.63) is 62.6 Å². The van der Waals surface area contributed by atoms with E-state index in [9.17, 15) is 4.79 Å². The standard InChI is InChI=1S/C19H18BrClN2O2/c20-19-15-7-3-1-5-13(15)9-10-17(19)25-12-18(24)23-22-11-14-6-2-4-8-16(14)21/h2,4,6,8-11H,1,3,5,7,12H2,(H,23,24)/b22-11-. The van der Waals surface area contributed by atoms with Gasteiger partial charge in [0.2, 0.25) is 0 Å². The second-order valence-electron chi connectivity index (χ2n) is 5.83. The fourth-order valence-corrected chi connectivity index (χ4v) is 3.69. The number of carbonyl (C=O) groups is 1. The smallest absolute Gasteiger partial charge is 0.277 e. The molecule has 6 heteroatoms. The molecular formula is C19H18BrClN2O2. The number of nitrogens with one attached hydrogen (secondary N) is 1. The zero-order chi connectivity index (χ0) is 17.6. The lowest BCUT2D eigenvalue weighted by Crippen LogP contribution is -2.24. The molecule has 0 spiro atoms. The number of amides is 1. The molecular weight excluding hydrogens is 404 g/mol.